The van der Waals surface area contributed by atoms with E-state index in [9.17, 15) is 9.59 Å². The highest BCUT2D eigenvalue weighted by molar-refractivity contribution is 5.78. The monoisotopic (exact) mass is 325 g/mol. The van der Waals surface area contributed by atoms with Gasteiger partial charge in [0, 0.05) is 51.1 Å². The van der Waals surface area contributed by atoms with Crippen molar-refractivity contribution in [2.24, 2.45) is 5.41 Å². The van der Waals surface area contributed by atoms with Crippen molar-refractivity contribution >= 4 is 11.8 Å². The van der Waals surface area contributed by atoms with Crippen LogP contribution in [0, 0.1) is 5.41 Å². The van der Waals surface area contributed by atoms with Crippen molar-refractivity contribution in [1.29, 1.82) is 0 Å². The van der Waals surface area contributed by atoms with Gasteiger partial charge in [0.25, 0.3) is 0 Å². The first-order chi connectivity index (χ1) is 10.5. The Morgan fingerprint density at radius 3 is 1.65 bits per heavy atom. The Labute approximate surface area is 141 Å². The van der Waals surface area contributed by atoms with Crippen molar-refractivity contribution in [3.05, 3.63) is 0 Å². The molecule has 134 valence electrons. The molecule has 0 bridgehead atoms. The number of piperazine rings is 1. The fourth-order valence-electron chi connectivity index (χ4n) is 2.55. The van der Waals surface area contributed by atoms with Gasteiger partial charge in [0.2, 0.25) is 11.8 Å². The molecule has 5 nitrogen and oxygen atoms in total. The third-order valence-corrected chi connectivity index (χ3v) is 4.07. The highest BCUT2D eigenvalue weighted by Crippen LogP contribution is 2.21. The Kier molecular flexibility index (Phi) is 7.05. The average Bonchev–Trinajstić information content (AvgIpc) is 2.42. The largest absolute Gasteiger partial charge is 0.339 e. The van der Waals surface area contributed by atoms with E-state index in [-0.39, 0.29) is 22.8 Å². The van der Waals surface area contributed by atoms with Crippen LogP contribution in [0.5, 0.6) is 0 Å². The van der Waals surface area contributed by atoms with Crippen molar-refractivity contribution in [3.8, 4) is 0 Å². The maximum absolute atomic E-state index is 12.2. The summed E-state index contributed by atoms with van der Waals surface area (Å²) < 4.78 is 0. The lowest BCUT2D eigenvalue weighted by Crippen LogP contribution is -2.51. The van der Waals surface area contributed by atoms with Crippen LogP contribution in [-0.4, -0.2) is 59.9 Å². The number of carbonyl (C=O) groups is 2. The van der Waals surface area contributed by atoms with Gasteiger partial charge in [-0.05, 0) is 32.6 Å². The van der Waals surface area contributed by atoms with Gasteiger partial charge in [-0.3, -0.25) is 9.59 Å². The molecule has 5 heteroatoms. The van der Waals surface area contributed by atoms with E-state index in [1.165, 1.54) is 0 Å². The van der Waals surface area contributed by atoms with E-state index in [1.54, 1.807) is 0 Å². The van der Waals surface area contributed by atoms with E-state index in [1.807, 2.05) is 9.80 Å². The summed E-state index contributed by atoms with van der Waals surface area (Å²) in [5, 5.41) is 3.34. The molecule has 0 saturated carbocycles. The van der Waals surface area contributed by atoms with Crippen LogP contribution in [0.2, 0.25) is 0 Å². The lowest BCUT2D eigenvalue weighted by atomic mass is 9.90. The highest BCUT2D eigenvalue weighted by Gasteiger charge is 2.24. The smallest absolute Gasteiger partial charge is 0.223 e. The molecule has 2 amide bonds. The molecule has 0 atom stereocenters. The molecule has 1 N–H and O–H groups in total. The standard InChI is InChI=1S/C18H35N3O2/c1-17(2,3)9-7-15(22)20-11-13-21(14-12-20)16(23)8-10-19-18(4,5)6/h19H,7-14H2,1-6H3. The number of hydrogen-bond acceptors (Lipinski definition) is 3. The molecule has 1 aliphatic heterocycles. The van der Waals surface area contributed by atoms with Gasteiger partial charge in [0.1, 0.15) is 0 Å². The van der Waals surface area contributed by atoms with Gasteiger partial charge in [-0.15, -0.1) is 0 Å². The number of rotatable bonds is 5. The molecule has 0 radical (unpaired) electrons. The maximum Gasteiger partial charge on any atom is 0.223 e. The van der Waals surface area contributed by atoms with E-state index < -0.39 is 0 Å². The van der Waals surface area contributed by atoms with Crippen molar-refractivity contribution in [2.45, 2.75) is 66.3 Å². The third kappa shape index (κ3) is 8.35. The number of hydrogen-bond donors (Lipinski definition) is 1. The van der Waals surface area contributed by atoms with Gasteiger partial charge in [-0.25, -0.2) is 0 Å². The van der Waals surface area contributed by atoms with Crippen molar-refractivity contribution in [1.82, 2.24) is 15.1 Å². The van der Waals surface area contributed by atoms with Crippen LogP contribution in [0.15, 0.2) is 0 Å². The van der Waals surface area contributed by atoms with Gasteiger partial charge in [0.15, 0.2) is 0 Å². The van der Waals surface area contributed by atoms with Crippen LogP contribution in [0.1, 0.15) is 60.8 Å². The molecule has 1 rings (SSSR count). The number of nitrogens with zero attached hydrogens (tertiary/aromatic N) is 2. The maximum atomic E-state index is 12.2. The zero-order chi connectivity index (χ0) is 17.7. The Morgan fingerprint density at radius 2 is 1.26 bits per heavy atom. The second kappa shape index (κ2) is 8.13. The minimum Gasteiger partial charge on any atom is -0.339 e. The molecule has 1 fully saturated rings. The molecule has 0 aromatic carbocycles. The number of carbonyl (C=O) groups excluding carboxylic acids is 2. The van der Waals surface area contributed by atoms with E-state index in [0.29, 0.717) is 45.6 Å². The van der Waals surface area contributed by atoms with Crippen molar-refractivity contribution < 1.29 is 9.59 Å². The summed E-state index contributed by atoms with van der Waals surface area (Å²) in [5.41, 5.74) is 0.228. The topological polar surface area (TPSA) is 52.7 Å². The number of amides is 2. The molecule has 1 heterocycles. The molecule has 0 spiro atoms. The Hall–Kier alpha value is -1.10. The predicted molar refractivity (Wildman–Crippen MR) is 94.2 cm³/mol. The Bertz CT molecular complexity index is 399. The van der Waals surface area contributed by atoms with Gasteiger partial charge in [-0.1, -0.05) is 20.8 Å². The van der Waals surface area contributed by atoms with E-state index >= 15 is 0 Å². The van der Waals surface area contributed by atoms with Crippen molar-refractivity contribution in [3.63, 3.8) is 0 Å². The summed E-state index contributed by atoms with van der Waals surface area (Å²) in [7, 11) is 0. The van der Waals surface area contributed by atoms with Crippen LogP contribution < -0.4 is 5.32 Å². The molecule has 1 saturated heterocycles. The van der Waals surface area contributed by atoms with Gasteiger partial charge in [0.05, 0.1) is 0 Å². The van der Waals surface area contributed by atoms with Crippen LogP contribution in [-0.2, 0) is 9.59 Å². The van der Waals surface area contributed by atoms with E-state index in [0.717, 1.165) is 6.42 Å². The van der Waals surface area contributed by atoms with Crippen LogP contribution in [0.3, 0.4) is 0 Å². The molecule has 0 aliphatic carbocycles. The summed E-state index contributed by atoms with van der Waals surface area (Å²) in [6, 6.07) is 0. The van der Waals surface area contributed by atoms with Gasteiger partial charge >= 0.3 is 0 Å². The second-order valence-corrected chi connectivity index (χ2v) is 8.75. The molecule has 23 heavy (non-hydrogen) atoms. The number of nitrogens with one attached hydrogen (secondary N) is 1. The summed E-state index contributed by atoms with van der Waals surface area (Å²) in [6.07, 6.45) is 2.03. The molecule has 0 aromatic rings. The molecule has 1 aliphatic rings. The second-order valence-electron chi connectivity index (χ2n) is 8.75. The Morgan fingerprint density at radius 1 is 0.826 bits per heavy atom. The van der Waals surface area contributed by atoms with E-state index in [2.05, 4.69) is 46.9 Å². The summed E-state index contributed by atoms with van der Waals surface area (Å²) in [6.45, 7) is 16.1. The summed E-state index contributed by atoms with van der Waals surface area (Å²) in [4.78, 5) is 28.2. The minimum absolute atomic E-state index is 0.0401. The summed E-state index contributed by atoms with van der Waals surface area (Å²) in [5.74, 6) is 0.407. The van der Waals surface area contributed by atoms with Gasteiger partial charge < -0.3 is 15.1 Å². The minimum atomic E-state index is 0.0401. The fraction of sp³-hybridized carbons (Fsp3) is 0.889. The predicted octanol–water partition coefficient (Wildman–Crippen LogP) is 2.26. The van der Waals surface area contributed by atoms with Crippen molar-refractivity contribution in [2.75, 3.05) is 32.7 Å². The first-order valence-corrected chi connectivity index (χ1v) is 8.78. The normalized spacial score (nSPS) is 16.6. The Balaban J connectivity index is 2.29. The third-order valence-electron chi connectivity index (χ3n) is 4.07. The summed E-state index contributed by atoms with van der Waals surface area (Å²) >= 11 is 0. The molecule has 0 aromatic heterocycles. The lowest BCUT2D eigenvalue weighted by Gasteiger charge is -2.35. The van der Waals surface area contributed by atoms with Crippen LogP contribution >= 0.6 is 0 Å². The van der Waals surface area contributed by atoms with E-state index in [4.69, 9.17) is 0 Å². The first kappa shape index (κ1) is 19.9. The van der Waals surface area contributed by atoms with Crippen LogP contribution in [0.4, 0.5) is 0 Å². The average molecular weight is 325 g/mol. The highest BCUT2D eigenvalue weighted by atomic mass is 16.2. The molecular formula is C18H35N3O2. The van der Waals surface area contributed by atoms with Gasteiger partial charge in [-0.2, -0.15) is 0 Å². The SMILES string of the molecule is CC(C)(C)CCC(=O)N1CCN(C(=O)CCNC(C)(C)C)CC1. The first-order valence-electron chi connectivity index (χ1n) is 8.78. The molecular weight excluding hydrogens is 290 g/mol. The molecule has 0 unspecified atom stereocenters. The quantitative estimate of drug-likeness (QED) is 0.843. The fourth-order valence-corrected chi connectivity index (χ4v) is 2.55. The zero-order valence-corrected chi connectivity index (χ0v) is 15.9. The zero-order valence-electron chi connectivity index (χ0n) is 15.9. The van der Waals surface area contributed by atoms with Crippen LogP contribution in [0.25, 0.3) is 0 Å². The lowest BCUT2D eigenvalue weighted by molar-refractivity contribution is -0.139.